The molecule has 1 N–H and O–H groups in total. The first-order valence-electron chi connectivity index (χ1n) is 4.30. The lowest BCUT2D eigenvalue weighted by Gasteiger charge is -2.23. The van der Waals surface area contributed by atoms with Crippen molar-refractivity contribution >= 4 is 0 Å². The molecule has 0 aliphatic heterocycles. The second-order valence-corrected chi connectivity index (χ2v) is 3.02. The van der Waals surface area contributed by atoms with Crippen molar-refractivity contribution in [3.63, 3.8) is 0 Å². The van der Waals surface area contributed by atoms with E-state index in [1.54, 1.807) is 6.92 Å². The van der Waals surface area contributed by atoms with Crippen LogP contribution in [0.4, 0.5) is 17.6 Å². The summed E-state index contributed by atoms with van der Waals surface area (Å²) in [4.78, 5) is 0. The Morgan fingerprint density at radius 1 is 1.43 bits per heavy atom. The maximum Gasteiger partial charge on any atom is 0.398 e. The molecule has 1 nitrogen and oxygen atoms in total. The van der Waals surface area contributed by atoms with E-state index in [1.807, 2.05) is 0 Å². The number of alkyl halides is 4. The predicted octanol–water partition coefficient (Wildman–Crippen LogP) is 2.57. The van der Waals surface area contributed by atoms with E-state index in [9.17, 15) is 17.6 Å². The van der Waals surface area contributed by atoms with E-state index in [-0.39, 0.29) is 0 Å². The van der Waals surface area contributed by atoms with Gasteiger partial charge in [0.05, 0.1) is 0 Å². The minimum atomic E-state index is -4.52. The average Bonchev–Trinajstić information content (AvgIpc) is 2.07. The van der Waals surface area contributed by atoms with Crippen LogP contribution < -0.4 is 5.32 Å². The van der Waals surface area contributed by atoms with Gasteiger partial charge in [0.25, 0.3) is 0 Å². The fourth-order valence-corrected chi connectivity index (χ4v) is 1.25. The molecule has 0 radical (unpaired) electrons. The molecular formula is C9H11F4N. The maximum absolute atomic E-state index is 12.9. The summed E-state index contributed by atoms with van der Waals surface area (Å²) in [6.45, 7) is 2.27. The van der Waals surface area contributed by atoms with Crippen LogP contribution in [-0.2, 0) is 0 Å². The topological polar surface area (TPSA) is 12.0 Å². The maximum atomic E-state index is 12.9. The molecule has 0 fully saturated rings. The smallest absolute Gasteiger partial charge is 0.386 e. The van der Waals surface area contributed by atoms with E-state index >= 15 is 0 Å². The van der Waals surface area contributed by atoms with Gasteiger partial charge in [-0.15, -0.1) is 0 Å². The van der Waals surface area contributed by atoms with Crippen LogP contribution >= 0.6 is 0 Å². The molecule has 1 aliphatic rings. The van der Waals surface area contributed by atoms with Crippen molar-refractivity contribution in [3.8, 4) is 0 Å². The molecule has 80 valence electrons. The van der Waals surface area contributed by atoms with Crippen LogP contribution in [0.15, 0.2) is 23.9 Å². The van der Waals surface area contributed by atoms with Crippen LogP contribution in [0.1, 0.15) is 6.92 Å². The van der Waals surface area contributed by atoms with E-state index in [1.165, 1.54) is 6.08 Å². The highest BCUT2D eigenvalue weighted by Gasteiger charge is 2.44. The number of nitrogens with one attached hydrogen (secondary N) is 1. The summed E-state index contributed by atoms with van der Waals surface area (Å²) in [6, 6.07) is 0. The van der Waals surface area contributed by atoms with Gasteiger partial charge in [-0.05, 0) is 25.2 Å². The van der Waals surface area contributed by atoms with Crippen molar-refractivity contribution in [2.24, 2.45) is 5.92 Å². The molecule has 0 saturated heterocycles. The zero-order chi connectivity index (χ0) is 10.8. The van der Waals surface area contributed by atoms with E-state index in [2.05, 4.69) is 5.32 Å². The molecule has 0 amide bonds. The molecule has 0 aromatic heterocycles. The largest absolute Gasteiger partial charge is 0.398 e. The molecular weight excluding hydrogens is 198 g/mol. The molecule has 0 aromatic rings. The van der Waals surface area contributed by atoms with Gasteiger partial charge in [-0.1, -0.05) is 0 Å². The number of hydrogen-bond acceptors (Lipinski definition) is 1. The lowest BCUT2D eigenvalue weighted by molar-refractivity contribution is -0.172. The summed E-state index contributed by atoms with van der Waals surface area (Å²) in [5.41, 5.74) is 0.323. The fourth-order valence-electron chi connectivity index (χ4n) is 1.25. The summed E-state index contributed by atoms with van der Waals surface area (Å²) in [6.07, 6.45) is -3.36. The third-order valence-electron chi connectivity index (χ3n) is 1.92. The van der Waals surface area contributed by atoms with Gasteiger partial charge in [0.2, 0.25) is 0 Å². The normalized spacial score (nSPS) is 27.4. The van der Waals surface area contributed by atoms with Gasteiger partial charge in [-0.25, -0.2) is 4.39 Å². The van der Waals surface area contributed by atoms with Gasteiger partial charge in [0.1, 0.15) is 12.1 Å². The standard InChI is InChI=1S/C9H11F4N/c1-2-14-6-3-4-8(10)7(5-6)9(11,12)13/h3-5,7-8,14H,2H2,1H3. The molecule has 1 aliphatic carbocycles. The lowest BCUT2D eigenvalue weighted by Crippen LogP contribution is -2.32. The molecule has 0 heterocycles. The van der Waals surface area contributed by atoms with Crippen molar-refractivity contribution in [1.29, 1.82) is 0 Å². The predicted molar refractivity (Wildman–Crippen MR) is 45.3 cm³/mol. The SMILES string of the molecule is CCNC1=CC(C(F)(F)F)C(F)C=C1. The molecule has 2 unspecified atom stereocenters. The molecule has 0 spiro atoms. The number of likely N-dealkylation sites (N-methyl/N-ethyl adjacent to an activating group) is 1. The number of hydrogen-bond donors (Lipinski definition) is 1. The first-order chi connectivity index (χ1) is 6.45. The van der Waals surface area contributed by atoms with Crippen molar-refractivity contribution in [2.75, 3.05) is 6.54 Å². The van der Waals surface area contributed by atoms with Crippen LogP contribution in [0.25, 0.3) is 0 Å². The zero-order valence-corrected chi connectivity index (χ0v) is 7.61. The van der Waals surface area contributed by atoms with Gasteiger partial charge >= 0.3 is 6.18 Å². The highest BCUT2D eigenvalue weighted by molar-refractivity contribution is 5.25. The van der Waals surface area contributed by atoms with Gasteiger partial charge in [0, 0.05) is 12.2 Å². The first-order valence-corrected chi connectivity index (χ1v) is 4.30. The van der Waals surface area contributed by atoms with Crippen LogP contribution in [0.5, 0.6) is 0 Å². The summed E-state index contributed by atoms with van der Waals surface area (Å²) in [7, 11) is 0. The van der Waals surface area contributed by atoms with E-state index in [0.717, 1.165) is 12.2 Å². The monoisotopic (exact) mass is 209 g/mol. The zero-order valence-electron chi connectivity index (χ0n) is 7.61. The van der Waals surface area contributed by atoms with Gasteiger partial charge < -0.3 is 5.32 Å². The summed E-state index contributed by atoms with van der Waals surface area (Å²) in [5, 5.41) is 2.71. The number of halogens is 4. The molecule has 0 bridgehead atoms. The van der Waals surface area contributed by atoms with Crippen LogP contribution in [0.2, 0.25) is 0 Å². The lowest BCUT2D eigenvalue weighted by atomic mass is 9.96. The van der Waals surface area contributed by atoms with E-state index < -0.39 is 18.3 Å². The first kappa shape index (κ1) is 11.1. The Hall–Kier alpha value is -1.00. The molecule has 2 atom stereocenters. The van der Waals surface area contributed by atoms with Crippen molar-refractivity contribution in [3.05, 3.63) is 23.9 Å². The highest BCUT2D eigenvalue weighted by Crippen LogP contribution is 2.34. The Labute approximate surface area is 79.5 Å². The van der Waals surface area contributed by atoms with Crippen molar-refractivity contribution in [2.45, 2.75) is 19.3 Å². The molecule has 1 rings (SSSR count). The van der Waals surface area contributed by atoms with Crippen LogP contribution in [0.3, 0.4) is 0 Å². The molecule has 5 heteroatoms. The van der Waals surface area contributed by atoms with Gasteiger partial charge in [-0.3, -0.25) is 0 Å². The Morgan fingerprint density at radius 3 is 2.57 bits per heavy atom. The van der Waals surface area contributed by atoms with Gasteiger partial charge in [-0.2, -0.15) is 13.2 Å². The van der Waals surface area contributed by atoms with Crippen molar-refractivity contribution in [1.82, 2.24) is 5.32 Å². The van der Waals surface area contributed by atoms with Crippen LogP contribution in [-0.4, -0.2) is 18.9 Å². The third-order valence-corrected chi connectivity index (χ3v) is 1.92. The minimum absolute atomic E-state index is 0.323. The number of rotatable bonds is 2. The summed E-state index contributed by atoms with van der Waals surface area (Å²) < 4.78 is 49.7. The molecule has 14 heavy (non-hydrogen) atoms. The van der Waals surface area contributed by atoms with Crippen LogP contribution in [0, 0.1) is 5.92 Å². The fraction of sp³-hybridized carbons (Fsp3) is 0.556. The average molecular weight is 209 g/mol. The van der Waals surface area contributed by atoms with E-state index in [4.69, 9.17) is 0 Å². The summed E-state index contributed by atoms with van der Waals surface area (Å²) in [5.74, 6) is -2.03. The minimum Gasteiger partial charge on any atom is -0.386 e. The Balaban J connectivity index is 2.80. The molecule has 0 saturated carbocycles. The van der Waals surface area contributed by atoms with Crippen molar-refractivity contribution < 1.29 is 17.6 Å². The second kappa shape index (κ2) is 4.02. The Bertz CT molecular complexity index is 254. The summed E-state index contributed by atoms with van der Waals surface area (Å²) >= 11 is 0. The Kier molecular flexibility index (Phi) is 3.18. The third kappa shape index (κ3) is 2.49. The Morgan fingerprint density at radius 2 is 2.07 bits per heavy atom. The number of allylic oxidation sites excluding steroid dienone is 3. The molecule has 0 aromatic carbocycles. The van der Waals surface area contributed by atoms with Gasteiger partial charge in [0.15, 0.2) is 0 Å². The highest BCUT2D eigenvalue weighted by atomic mass is 19.4. The quantitative estimate of drug-likeness (QED) is 0.689. The van der Waals surface area contributed by atoms with E-state index in [0.29, 0.717) is 12.2 Å². The second-order valence-electron chi connectivity index (χ2n) is 3.02.